The lowest BCUT2D eigenvalue weighted by Crippen LogP contribution is -2.50. The molecule has 2 aromatic rings. The molecule has 0 spiro atoms. The van der Waals surface area contributed by atoms with E-state index in [9.17, 15) is 30.6 Å². The molecule has 0 saturated heterocycles. The summed E-state index contributed by atoms with van der Waals surface area (Å²) in [4.78, 5) is 18.7. The van der Waals surface area contributed by atoms with Crippen LogP contribution < -0.4 is 9.80 Å². The van der Waals surface area contributed by atoms with Crippen LogP contribution in [0.4, 0.5) is 11.4 Å². The largest absolute Gasteiger partial charge is 0.590 e. The van der Waals surface area contributed by atoms with E-state index >= 15 is 0 Å². The molecule has 0 amide bonds. The lowest BCUT2D eigenvalue weighted by Gasteiger charge is -1.97. The van der Waals surface area contributed by atoms with Crippen LogP contribution in [-0.2, 0) is 0 Å². The monoisotopic (exact) mass is 256 g/mol. The Labute approximate surface area is 96.1 Å². The minimum atomic E-state index is -0.984. The first-order chi connectivity index (χ1) is 8.40. The van der Waals surface area contributed by atoms with E-state index in [0.717, 1.165) is 6.07 Å². The zero-order chi connectivity index (χ0) is 13.4. The Hall–Kier alpha value is -3.18. The molecule has 12 heteroatoms. The Morgan fingerprint density at radius 2 is 1.78 bits per heavy atom. The van der Waals surface area contributed by atoms with E-state index in [2.05, 4.69) is 10.3 Å². The molecule has 18 heavy (non-hydrogen) atoms. The zero-order valence-corrected chi connectivity index (χ0v) is 8.29. The standard InChI is InChI=1S/C6H2N6O6/c13-9-4-1-3(10(14)15)2-5(11(16)17)6(4)7-12(18)8-9/h1-2H/i11+1,12+1. The zero-order valence-electron chi connectivity index (χ0n) is 8.29. The molecule has 92 valence electrons. The van der Waals surface area contributed by atoms with Crippen molar-refractivity contribution in [2.45, 2.75) is 0 Å². The average Bonchev–Trinajstić information content (AvgIpc) is 2.27. The third kappa shape index (κ3) is 1.66. The highest BCUT2D eigenvalue weighted by Crippen LogP contribution is 2.26. The van der Waals surface area contributed by atoms with Gasteiger partial charge >= 0.3 is 10.9 Å². The van der Waals surface area contributed by atoms with Gasteiger partial charge in [-0.05, 0) is 0 Å². The molecule has 0 N–H and O–H groups in total. The van der Waals surface area contributed by atoms with Crippen LogP contribution in [0.15, 0.2) is 12.1 Å². The molecular weight excluding hydrogens is 254 g/mol. The first-order valence-electron chi connectivity index (χ1n) is 4.24. The van der Waals surface area contributed by atoms with Gasteiger partial charge in [0.1, 0.15) is 4.96 Å². The molecule has 1 aromatic carbocycles. The molecule has 0 aliphatic heterocycles. The molecule has 0 radical (unpaired) electrons. The lowest BCUT2D eigenvalue weighted by atomic mass is 10.2. The van der Waals surface area contributed by atoms with E-state index < -0.39 is 37.2 Å². The number of benzene rings is 1. The van der Waals surface area contributed by atoms with Gasteiger partial charge in [0.15, 0.2) is 0 Å². The van der Waals surface area contributed by atoms with Gasteiger partial charge in [-0.3, -0.25) is 20.2 Å². The molecule has 0 atom stereocenters. The topological polar surface area (TPSA) is 166 Å². The maximum Gasteiger partial charge on any atom is 0.326 e. The Bertz CT molecular complexity index is 686. The van der Waals surface area contributed by atoms with E-state index in [0.29, 0.717) is 6.07 Å². The fourth-order valence-electron chi connectivity index (χ4n) is 1.31. The molecule has 0 bridgehead atoms. The number of hydrogen-bond donors (Lipinski definition) is 0. The Morgan fingerprint density at radius 1 is 1.11 bits per heavy atom. The molecule has 2 rings (SSSR count). The number of non-ortho nitro benzene ring substituents is 2. The van der Waals surface area contributed by atoms with Crippen LogP contribution in [0.2, 0.25) is 0 Å². The van der Waals surface area contributed by atoms with Crippen molar-refractivity contribution in [2.24, 2.45) is 0 Å². The minimum Gasteiger partial charge on any atom is -0.590 e. The minimum absolute atomic E-state index is 0.269. The summed E-state index contributed by atoms with van der Waals surface area (Å²) >= 11 is 0. The number of nitrogens with zero attached hydrogens (tertiary/aromatic N) is 6. The van der Waals surface area contributed by atoms with Crippen molar-refractivity contribution in [1.82, 2.24) is 10.3 Å². The predicted molar refractivity (Wildman–Crippen MR) is 50.8 cm³/mol. The van der Waals surface area contributed by atoms with Crippen molar-refractivity contribution in [3.05, 3.63) is 42.8 Å². The highest BCUT2D eigenvalue weighted by atomic mass is 16.9. The van der Waals surface area contributed by atoms with Crippen LogP contribution in [0.3, 0.4) is 0 Å². The molecule has 0 aliphatic rings. The Kier molecular flexibility index (Phi) is 2.32. The summed E-state index contributed by atoms with van der Waals surface area (Å²) in [7, 11) is 0. The number of nitro benzene ring substituents is 2. The van der Waals surface area contributed by atoms with Crippen molar-refractivity contribution in [2.75, 3.05) is 0 Å². The quantitative estimate of drug-likeness (QED) is 0.210. The van der Waals surface area contributed by atoms with Gasteiger partial charge in [0.2, 0.25) is 0 Å². The normalized spacial score (nSPS) is 10.4. The van der Waals surface area contributed by atoms with Gasteiger partial charge in [-0.1, -0.05) is 0 Å². The van der Waals surface area contributed by atoms with Crippen molar-refractivity contribution >= 4 is 22.4 Å². The van der Waals surface area contributed by atoms with Crippen LogP contribution in [0.1, 0.15) is 0 Å². The molecule has 0 unspecified atom stereocenters. The predicted octanol–water partition coefficient (Wildman–Crippen LogP) is -1.29. The molecule has 1 aromatic heterocycles. The van der Waals surface area contributed by atoms with E-state index in [4.69, 9.17) is 0 Å². The molecule has 0 aliphatic carbocycles. The first kappa shape index (κ1) is 11.3. The number of fused-ring (bicyclic) bond motifs is 1. The number of rotatable bonds is 2. The fourth-order valence-corrected chi connectivity index (χ4v) is 1.31. The van der Waals surface area contributed by atoms with E-state index in [-0.39, 0.29) is 4.85 Å². The summed E-state index contributed by atoms with van der Waals surface area (Å²) in [6, 6.07) is 1.35. The summed E-state index contributed by atoms with van der Waals surface area (Å²) in [6.07, 6.45) is 0. The number of hydrogen-bond acceptors (Lipinski definition) is 8. The molecular formula is C6H2N6O6. The maximum atomic E-state index is 11.2. The van der Waals surface area contributed by atoms with E-state index in [1.807, 2.05) is 0 Å². The third-order valence-electron chi connectivity index (χ3n) is 2.01. The van der Waals surface area contributed by atoms with Gasteiger partial charge in [-0.25, -0.2) is 0 Å². The van der Waals surface area contributed by atoms with Crippen LogP contribution >= 0.6 is 0 Å². The summed E-state index contributed by atoms with van der Waals surface area (Å²) in [6.45, 7) is 0. The van der Waals surface area contributed by atoms with Gasteiger partial charge in [-0.2, -0.15) is 0 Å². The van der Waals surface area contributed by atoms with Crippen molar-refractivity contribution < 1.29 is 19.7 Å². The summed E-state index contributed by atoms with van der Waals surface area (Å²) in [5, 5.41) is 49.2. The second-order valence-electron chi connectivity index (χ2n) is 3.06. The SMILES string of the molecule is O=[N+]([O-])c1cc([15N+](=O)[O-])c2n[15n+]([O-])n[n+]([O-])c2c1. The number of aromatic nitrogens is 4. The van der Waals surface area contributed by atoms with Gasteiger partial charge in [0, 0.05) is 4.85 Å². The van der Waals surface area contributed by atoms with Crippen LogP contribution in [-0.4, -0.2) is 20.2 Å². The highest BCUT2D eigenvalue weighted by molar-refractivity contribution is 5.83. The first-order valence-corrected chi connectivity index (χ1v) is 4.24. The Balaban J connectivity index is 2.94. The molecule has 1 heterocycles. The molecule has 0 saturated carbocycles. The Morgan fingerprint density at radius 3 is 2.33 bits per heavy atom. The third-order valence-corrected chi connectivity index (χ3v) is 2.01. The van der Waals surface area contributed by atoms with Crippen LogP contribution in [0, 0.1) is 30.6 Å². The van der Waals surface area contributed by atoms with Crippen LogP contribution in [0.25, 0.3) is 11.0 Å². The fraction of sp³-hybridized carbons (Fsp3) is 0. The maximum absolute atomic E-state index is 11.2. The summed E-state index contributed by atoms with van der Waals surface area (Å²) < 4.78 is 0. The van der Waals surface area contributed by atoms with Crippen LogP contribution in [0.5, 0.6) is 0 Å². The van der Waals surface area contributed by atoms with Gasteiger partial charge in [-0.15, -0.1) is 0 Å². The molecule has 0 fully saturated rings. The van der Waals surface area contributed by atoms with E-state index in [1.54, 1.807) is 0 Å². The molecule has 12 nitrogen and oxygen atoms in total. The number of nitro groups is 2. The van der Waals surface area contributed by atoms with Gasteiger partial charge in [0.05, 0.1) is 27.1 Å². The van der Waals surface area contributed by atoms with Gasteiger partial charge in [0.25, 0.3) is 16.7 Å². The van der Waals surface area contributed by atoms with E-state index in [1.165, 1.54) is 0 Å². The second-order valence-corrected chi connectivity index (χ2v) is 3.06. The smallest absolute Gasteiger partial charge is 0.326 e. The lowest BCUT2D eigenvalue weighted by molar-refractivity contribution is -0.863. The average molecular weight is 256 g/mol. The summed E-state index contributed by atoms with van der Waals surface area (Å²) in [5.41, 5.74) is -2.62. The van der Waals surface area contributed by atoms with Crippen molar-refractivity contribution in [1.29, 1.82) is 0 Å². The second kappa shape index (κ2) is 3.69. The van der Waals surface area contributed by atoms with Crippen molar-refractivity contribution in [3.8, 4) is 0 Å². The summed E-state index contributed by atoms with van der Waals surface area (Å²) in [5.74, 6) is 0. The van der Waals surface area contributed by atoms with Crippen molar-refractivity contribution in [3.63, 3.8) is 0 Å². The highest BCUT2D eigenvalue weighted by Gasteiger charge is 2.29. The van der Waals surface area contributed by atoms with Gasteiger partial charge < -0.3 is 10.4 Å².